The monoisotopic (exact) mass is 464 g/mol. The second-order valence-electron chi connectivity index (χ2n) is 6.77. The molecule has 0 aliphatic heterocycles. The van der Waals surface area contributed by atoms with Gasteiger partial charge in [0.1, 0.15) is 11.3 Å². The normalized spacial score (nSPS) is 12.4. The molecule has 0 spiro atoms. The summed E-state index contributed by atoms with van der Waals surface area (Å²) < 4.78 is 67.2. The molecule has 0 aromatic carbocycles. The Hall–Kier alpha value is -3.61. The molecule has 4 heterocycles. The first kappa shape index (κ1) is 21.6. The molecule has 0 saturated heterocycles. The number of pyridine rings is 2. The summed E-state index contributed by atoms with van der Waals surface area (Å²) in [6.07, 6.45) is -0.0637. The maximum absolute atomic E-state index is 13.1. The van der Waals surface area contributed by atoms with Crippen molar-refractivity contribution in [2.24, 2.45) is 7.05 Å². The second-order valence-corrected chi connectivity index (χ2v) is 9.02. The minimum absolute atomic E-state index is 0.0166. The molecule has 166 valence electrons. The molecule has 0 amide bonds. The van der Waals surface area contributed by atoms with Crippen LogP contribution in [0.1, 0.15) is 12.5 Å². The van der Waals surface area contributed by atoms with Crippen LogP contribution in [0.2, 0.25) is 0 Å². The molecule has 0 radical (unpaired) electrons. The summed E-state index contributed by atoms with van der Waals surface area (Å²) in [4.78, 5) is 28.5. The van der Waals surface area contributed by atoms with Crippen LogP contribution in [0.4, 0.5) is 13.2 Å². The van der Waals surface area contributed by atoms with Crippen LogP contribution in [0.3, 0.4) is 0 Å². The van der Waals surface area contributed by atoms with Crippen molar-refractivity contribution in [3.05, 3.63) is 58.9 Å². The lowest BCUT2D eigenvalue weighted by atomic mass is 10.2. The van der Waals surface area contributed by atoms with E-state index >= 15 is 0 Å². The predicted molar refractivity (Wildman–Crippen MR) is 108 cm³/mol. The van der Waals surface area contributed by atoms with Gasteiger partial charge < -0.3 is 4.57 Å². The Morgan fingerprint density at radius 3 is 2.41 bits per heavy atom. The smallest absolute Gasteiger partial charge is 0.312 e. The number of sulfone groups is 1. The van der Waals surface area contributed by atoms with Crippen molar-refractivity contribution in [1.82, 2.24) is 29.1 Å². The average molecular weight is 464 g/mol. The van der Waals surface area contributed by atoms with Gasteiger partial charge >= 0.3 is 6.18 Å². The highest BCUT2D eigenvalue weighted by molar-refractivity contribution is 7.91. The standard InChI is InChI=1S/C19H15F3N6O3S/c1-3-32(30,31)14-10-28(18-23-5-4-6-24-18)15(29)8-12(14)16-26-13-7-11(19(20,21)22)9-25-17(13)27(16)2/h4-10H,3H2,1-2H3. The highest BCUT2D eigenvalue weighted by atomic mass is 32.2. The summed E-state index contributed by atoms with van der Waals surface area (Å²) in [5.74, 6) is -0.330. The van der Waals surface area contributed by atoms with Crippen molar-refractivity contribution >= 4 is 21.0 Å². The van der Waals surface area contributed by atoms with Crippen molar-refractivity contribution < 1.29 is 21.6 Å². The van der Waals surface area contributed by atoms with Gasteiger partial charge in [0.2, 0.25) is 5.95 Å². The van der Waals surface area contributed by atoms with Gasteiger partial charge in [-0.1, -0.05) is 6.92 Å². The Bertz CT molecular complexity index is 1490. The lowest BCUT2D eigenvalue weighted by Gasteiger charge is -2.12. The molecule has 0 bridgehead atoms. The molecule has 0 N–H and O–H groups in total. The van der Waals surface area contributed by atoms with E-state index in [2.05, 4.69) is 19.9 Å². The van der Waals surface area contributed by atoms with Crippen molar-refractivity contribution in [1.29, 1.82) is 0 Å². The topological polar surface area (TPSA) is 113 Å². The van der Waals surface area contributed by atoms with E-state index in [1.165, 1.54) is 37.0 Å². The molecule has 4 aromatic rings. The van der Waals surface area contributed by atoms with E-state index in [4.69, 9.17) is 0 Å². The Balaban J connectivity index is 2.01. The Kier molecular flexibility index (Phi) is 5.07. The number of halogens is 3. The molecular formula is C19H15F3N6O3S. The van der Waals surface area contributed by atoms with E-state index in [1.807, 2.05) is 0 Å². The molecule has 13 heteroatoms. The third kappa shape index (κ3) is 3.64. The minimum Gasteiger partial charge on any atom is -0.312 e. The van der Waals surface area contributed by atoms with Gasteiger partial charge in [0.25, 0.3) is 5.56 Å². The Labute approximate surface area is 179 Å². The number of nitrogens with zero attached hydrogens (tertiary/aromatic N) is 6. The zero-order valence-electron chi connectivity index (χ0n) is 16.7. The number of fused-ring (bicyclic) bond motifs is 1. The number of imidazole rings is 1. The van der Waals surface area contributed by atoms with Gasteiger partial charge in [0.15, 0.2) is 15.5 Å². The van der Waals surface area contributed by atoms with Crippen molar-refractivity contribution in [2.75, 3.05) is 5.75 Å². The third-order valence-electron chi connectivity index (χ3n) is 4.78. The number of aryl methyl sites for hydroxylation is 1. The van der Waals surface area contributed by atoms with E-state index in [-0.39, 0.29) is 39.1 Å². The van der Waals surface area contributed by atoms with Crippen molar-refractivity contribution in [3.63, 3.8) is 0 Å². The zero-order chi connectivity index (χ0) is 23.3. The van der Waals surface area contributed by atoms with Crippen LogP contribution in [-0.4, -0.2) is 43.2 Å². The molecular weight excluding hydrogens is 449 g/mol. The number of alkyl halides is 3. The van der Waals surface area contributed by atoms with Crippen LogP contribution < -0.4 is 5.56 Å². The van der Waals surface area contributed by atoms with Gasteiger partial charge in [-0.25, -0.2) is 28.4 Å². The Morgan fingerprint density at radius 2 is 1.78 bits per heavy atom. The summed E-state index contributed by atoms with van der Waals surface area (Å²) in [6, 6.07) is 3.40. The molecule has 4 aromatic heterocycles. The highest BCUT2D eigenvalue weighted by Gasteiger charge is 2.32. The van der Waals surface area contributed by atoms with Crippen LogP contribution in [0.15, 0.2) is 52.7 Å². The fourth-order valence-electron chi connectivity index (χ4n) is 3.14. The molecule has 0 aliphatic carbocycles. The fraction of sp³-hybridized carbons (Fsp3) is 0.211. The highest BCUT2D eigenvalue weighted by Crippen LogP contribution is 2.33. The largest absolute Gasteiger partial charge is 0.417 e. The van der Waals surface area contributed by atoms with Gasteiger partial charge in [0.05, 0.1) is 16.2 Å². The van der Waals surface area contributed by atoms with Crippen molar-refractivity contribution in [2.45, 2.75) is 18.0 Å². The first-order chi connectivity index (χ1) is 15.0. The van der Waals surface area contributed by atoms with Crippen molar-refractivity contribution in [3.8, 4) is 17.3 Å². The molecule has 4 rings (SSSR count). The average Bonchev–Trinajstić information content (AvgIpc) is 3.09. The third-order valence-corrected chi connectivity index (χ3v) is 6.53. The molecule has 0 fully saturated rings. The van der Waals surface area contributed by atoms with E-state index in [9.17, 15) is 26.4 Å². The first-order valence-corrected chi connectivity index (χ1v) is 10.8. The SMILES string of the molecule is CCS(=O)(=O)c1cn(-c2ncccn2)c(=O)cc1-c1nc2cc(C(F)(F)F)cnc2n1C. The quantitative estimate of drug-likeness (QED) is 0.456. The number of rotatable bonds is 4. The molecule has 0 aliphatic rings. The Morgan fingerprint density at radius 1 is 1.09 bits per heavy atom. The van der Waals surface area contributed by atoms with Crippen LogP contribution >= 0.6 is 0 Å². The molecule has 0 unspecified atom stereocenters. The lowest BCUT2D eigenvalue weighted by Crippen LogP contribution is -2.22. The van der Waals surface area contributed by atoms with Gasteiger partial charge in [-0.05, 0) is 12.1 Å². The van der Waals surface area contributed by atoms with Crippen LogP contribution in [0.5, 0.6) is 0 Å². The zero-order valence-corrected chi connectivity index (χ0v) is 17.5. The first-order valence-electron chi connectivity index (χ1n) is 9.20. The molecule has 0 atom stereocenters. The lowest BCUT2D eigenvalue weighted by molar-refractivity contribution is -0.137. The summed E-state index contributed by atoms with van der Waals surface area (Å²) >= 11 is 0. The molecule has 9 nitrogen and oxygen atoms in total. The van der Waals surface area contributed by atoms with Gasteiger partial charge in [0, 0.05) is 43.5 Å². The number of hydrogen-bond acceptors (Lipinski definition) is 7. The van der Waals surface area contributed by atoms with Crippen LogP contribution in [0.25, 0.3) is 28.5 Å². The van der Waals surface area contributed by atoms with Crippen LogP contribution in [-0.2, 0) is 23.1 Å². The van der Waals surface area contributed by atoms with Gasteiger partial charge in [-0.2, -0.15) is 13.2 Å². The summed E-state index contributed by atoms with van der Waals surface area (Å²) in [5.41, 5.74) is -1.68. The van der Waals surface area contributed by atoms with Gasteiger partial charge in [-0.15, -0.1) is 0 Å². The summed E-state index contributed by atoms with van der Waals surface area (Å²) in [7, 11) is -2.41. The van der Waals surface area contributed by atoms with E-state index < -0.39 is 27.1 Å². The minimum atomic E-state index is -4.62. The maximum atomic E-state index is 13.1. The number of aromatic nitrogens is 6. The molecule has 0 saturated carbocycles. The van der Waals surface area contributed by atoms with E-state index in [0.717, 1.165) is 22.9 Å². The maximum Gasteiger partial charge on any atom is 0.417 e. The molecule has 32 heavy (non-hydrogen) atoms. The predicted octanol–water partition coefficient (Wildman–Crippen LogP) is 2.39. The van der Waals surface area contributed by atoms with Crippen LogP contribution in [0, 0.1) is 0 Å². The number of hydrogen-bond donors (Lipinski definition) is 0. The van der Waals surface area contributed by atoms with E-state index in [0.29, 0.717) is 6.20 Å². The van der Waals surface area contributed by atoms with Gasteiger partial charge in [-0.3, -0.25) is 9.36 Å². The van der Waals surface area contributed by atoms with E-state index in [1.54, 1.807) is 0 Å². The fourth-order valence-corrected chi connectivity index (χ4v) is 4.20. The summed E-state index contributed by atoms with van der Waals surface area (Å²) in [5, 5.41) is 0. The second kappa shape index (κ2) is 7.51. The summed E-state index contributed by atoms with van der Waals surface area (Å²) in [6.45, 7) is 1.43.